The van der Waals surface area contributed by atoms with Gasteiger partial charge in [-0.2, -0.15) is 5.10 Å². The third-order valence-electron chi connectivity index (χ3n) is 2.67. The second-order valence-electron chi connectivity index (χ2n) is 3.75. The summed E-state index contributed by atoms with van der Waals surface area (Å²) in [7, 11) is 5.45. The second kappa shape index (κ2) is 4.97. The lowest BCUT2D eigenvalue weighted by molar-refractivity contribution is 0.402. The lowest BCUT2D eigenvalue weighted by atomic mass is 10.0. The number of nitrogens with zero attached hydrogens (tertiary/aromatic N) is 3. The van der Waals surface area contributed by atoms with Crippen molar-refractivity contribution in [2.45, 2.75) is 6.04 Å². The number of pyridine rings is 1. The summed E-state index contributed by atoms with van der Waals surface area (Å²) in [5, 5.41) is 7.65. The molecule has 2 aromatic rings. The first-order valence-corrected chi connectivity index (χ1v) is 5.41. The van der Waals surface area contributed by atoms with Crippen LogP contribution >= 0.6 is 0 Å². The van der Waals surface area contributed by atoms with Gasteiger partial charge in [0.1, 0.15) is 5.75 Å². The summed E-state index contributed by atoms with van der Waals surface area (Å²) in [5.41, 5.74) is 1.99. The fourth-order valence-corrected chi connectivity index (χ4v) is 1.85. The zero-order valence-corrected chi connectivity index (χ0v) is 10.2. The molecule has 5 heteroatoms. The van der Waals surface area contributed by atoms with Gasteiger partial charge in [0.2, 0.25) is 0 Å². The Kier molecular flexibility index (Phi) is 3.39. The van der Waals surface area contributed by atoms with Crippen LogP contribution in [0.1, 0.15) is 17.3 Å². The maximum Gasteiger partial charge on any atom is 0.142 e. The minimum absolute atomic E-state index is 0.00847. The van der Waals surface area contributed by atoms with Crippen molar-refractivity contribution < 1.29 is 4.74 Å². The summed E-state index contributed by atoms with van der Waals surface area (Å²) in [5.74, 6) is 0.762. The van der Waals surface area contributed by atoms with Crippen molar-refractivity contribution in [2.75, 3.05) is 14.2 Å². The lowest BCUT2D eigenvalue weighted by Gasteiger charge is -2.16. The average molecular weight is 232 g/mol. The van der Waals surface area contributed by atoms with E-state index in [1.54, 1.807) is 24.2 Å². The van der Waals surface area contributed by atoms with E-state index in [1.165, 1.54) is 0 Å². The van der Waals surface area contributed by atoms with Gasteiger partial charge in [-0.15, -0.1) is 0 Å². The summed E-state index contributed by atoms with van der Waals surface area (Å²) >= 11 is 0. The summed E-state index contributed by atoms with van der Waals surface area (Å²) in [6.07, 6.45) is 5.39. The molecule has 0 saturated heterocycles. The Labute approximate surface area is 100 Å². The van der Waals surface area contributed by atoms with Gasteiger partial charge in [-0.25, -0.2) is 0 Å². The highest BCUT2D eigenvalue weighted by Crippen LogP contribution is 2.27. The molecule has 1 unspecified atom stereocenters. The van der Waals surface area contributed by atoms with Gasteiger partial charge in [0.15, 0.2) is 0 Å². The van der Waals surface area contributed by atoms with Crippen molar-refractivity contribution in [2.24, 2.45) is 7.05 Å². The number of nitrogens with one attached hydrogen (secondary N) is 1. The number of hydrogen-bond acceptors (Lipinski definition) is 4. The Hall–Kier alpha value is -1.88. The molecule has 0 saturated carbocycles. The Morgan fingerprint density at radius 2 is 2.24 bits per heavy atom. The van der Waals surface area contributed by atoms with Crippen LogP contribution in [0.25, 0.3) is 0 Å². The largest absolute Gasteiger partial charge is 0.495 e. The summed E-state index contributed by atoms with van der Waals surface area (Å²) < 4.78 is 7.10. The van der Waals surface area contributed by atoms with E-state index in [0.29, 0.717) is 0 Å². The molecule has 0 radical (unpaired) electrons. The second-order valence-corrected chi connectivity index (χ2v) is 3.75. The molecule has 0 spiro atoms. The van der Waals surface area contributed by atoms with E-state index in [2.05, 4.69) is 15.4 Å². The first-order chi connectivity index (χ1) is 8.26. The third kappa shape index (κ3) is 2.29. The number of rotatable bonds is 4. The van der Waals surface area contributed by atoms with E-state index >= 15 is 0 Å². The minimum atomic E-state index is 0.00847. The quantitative estimate of drug-likeness (QED) is 0.858. The normalized spacial score (nSPS) is 12.4. The predicted octanol–water partition coefficient (Wildman–Crippen LogP) is 1.13. The van der Waals surface area contributed by atoms with E-state index in [9.17, 15) is 0 Å². The molecule has 90 valence electrons. The van der Waals surface area contributed by atoms with Gasteiger partial charge in [0, 0.05) is 25.0 Å². The van der Waals surface area contributed by atoms with Crippen molar-refractivity contribution in [1.29, 1.82) is 0 Å². The molecule has 2 heterocycles. The monoisotopic (exact) mass is 232 g/mol. The molecule has 1 atom stereocenters. The zero-order chi connectivity index (χ0) is 12.3. The molecule has 0 aliphatic heterocycles. The van der Waals surface area contributed by atoms with Crippen LogP contribution in [0.5, 0.6) is 5.75 Å². The smallest absolute Gasteiger partial charge is 0.142 e. The summed E-state index contributed by atoms with van der Waals surface area (Å²) in [6.45, 7) is 0. The van der Waals surface area contributed by atoms with Gasteiger partial charge in [0.25, 0.3) is 0 Å². The number of hydrogen-bond donors (Lipinski definition) is 1. The lowest BCUT2D eigenvalue weighted by Crippen LogP contribution is -2.19. The minimum Gasteiger partial charge on any atom is -0.495 e. The molecule has 5 nitrogen and oxygen atoms in total. The number of ether oxygens (including phenoxy) is 1. The average Bonchev–Trinajstić information content (AvgIpc) is 2.77. The van der Waals surface area contributed by atoms with Crippen LogP contribution in [0.3, 0.4) is 0 Å². The molecule has 17 heavy (non-hydrogen) atoms. The van der Waals surface area contributed by atoms with Gasteiger partial charge in [-0.1, -0.05) is 0 Å². The van der Waals surface area contributed by atoms with E-state index in [4.69, 9.17) is 4.74 Å². The molecule has 2 aromatic heterocycles. The van der Waals surface area contributed by atoms with Crippen LogP contribution in [0.4, 0.5) is 0 Å². The van der Waals surface area contributed by atoms with Gasteiger partial charge in [0.05, 0.1) is 25.0 Å². The number of methoxy groups -OCH3 is 1. The fraction of sp³-hybridized carbons (Fsp3) is 0.333. The Balaban J connectivity index is 2.41. The molecule has 0 fully saturated rings. The fourth-order valence-electron chi connectivity index (χ4n) is 1.85. The summed E-state index contributed by atoms with van der Waals surface area (Å²) in [4.78, 5) is 4.05. The van der Waals surface area contributed by atoms with Crippen molar-refractivity contribution in [3.8, 4) is 5.75 Å². The maximum absolute atomic E-state index is 5.32. The Morgan fingerprint density at radius 3 is 2.82 bits per heavy atom. The molecule has 2 rings (SSSR count). The van der Waals surface area contributed by atoms with Gasteiger partial charge in [-0.05, 0) is 19.2 Å². The van der Waals surface area contributed by atoms with Crippen LogP contribution in [0, 0.1) is 0 Å². The van der Waals surface area contributed by atoms with Gasteiger partial charge >= 0.3 is 0 Å². The molecular weight excluding hydrogens is 216 g/mol. The van der Waals surface area contributed by atoms with Crippen LogP contribution in [-0.4, -0.2) is 28.9 Å². The molecule has 0 aromatic carbocycles. The van der Waals surface area contributed by atoms with Crippen LogP contribution in [-0.2, 0) is 7.05 Å². The van der Waals surface area contributed by atoms with E-state index in [1.807, 2.05) is 32.4 Å². The Morgan fingerprint density at radius 1 is 1.41 bits per heavy atom. The molecule has 0 bridgehead atoms. The van der Waals surface area contributed by atoms with E-state index in [0.717, 1.165) is 17.0 Å². The molecular formula is C12H16N4O. The predicted molar refractivity (Wildman–Crippen MR) is 64.9 cm³/mol. The van der Waals surface area contributed by atoms with Crippen molar-refractivity contribution in [3.05, 3.63) is 42.0 Å². The third-order valence-corrected chi connectivity index (χ3v) is 2.67. The zero-order valence-electron chi connectivity index (χ0n) is 10.2. The van der Waals surface area contributed by atoms with Crippen LogP contribution in [0.2, 0.25) is 0 Å². The van der Waals surface area contributed by atoms with E-state index in [-0.39, 0.29) is 6.04 Å². The van der Waals surface area contributed by atoms with Crippen molar-refractivity contribution in [3.63, 3.8) is 0 Å². The van der Waals surface area contributed by atoms with Gasteiger partial charge < -0.3 is 10.1 Å². The highest BCUT2D eigenvalue weighted by Gasteiger charge is 2.18. The highest BCUT2D eigenvalue weighted by atomic mass is 16.5. The molecule has 1 N–H and O–H groups in total. The maximum atomic E-state index is 5.32. The molecule has 0 aliphatic rings. The SMILES string of the molecule is CNC(c1ccn(C)n1)c1ccncc1OC. The van der Waals surface area contributed by atoms with Crippen LogP contribution in [0.15, 0.2) is 30.7 Å². The molecule has 0 aliphatic carbocycles. The first kappa shape index (κ1) is 11.6. The van der Waals surface area contributed by atoms with Gasteiger partial charge in [-0.3, -0.25) is 9.67 Å². The van der Waals surface area contributed by atoms with Crippen molar-refractivity contribution >= 4 is 0 Å². The number of aromatic nitrogens is 3. The Bertz CT molecular complexity index is 495. The highest BCUT2D eigenvalue weighted by molar-refractivity contribution is 5.37. The number of aryl methyl sites for hydroxylation is 1. The van der Waals surface area contributed by atoms with Crippen molar-refractivity contribution in [1.82, 2.24) is 20.1 Å². The standard InChI is InChI=1S/C12H16N4O/c1-13-12(10-5-7-16(2)15-10)9-4-6-14-8-11(9)17-3/h4-8,12-13H,1-3H3. The first-order valence-electron chi connectivity index (χ1n) is 5.41. The van der Waals surface area contributed by atoms with Crippen LogP contribution < -0.4 is 10.1 Å². The van der Waals surface area contributed by atoms with E-state index < -0.39 is 0 Å². The molecule has 0 amide bonds. The summed E-state index contributed by atoms with van der Waals surface area (Å²) in [6, 6.07) is 3.93. The topological polar surface area (TPSA) is 52.0 Å².